The smallest absolute Gasteiger partial charge is 0.435 e. The minimum absolute atomic E-state index is 0.183. The molecule has 2 unspecified atom stereocenters. The van der Waals surface area contributed by atoms with Crippen molar-refractivity contribution in [2.45, 2.75) is 18.9 Å². The molecule has 1 saturated heterocycles. The Morgan fingerprint density at radius 2 is 2.29 bits per heavy atom. The number of rotatable bonds is 2. The summed E-state index contributed by atoms with van der Waals surface area (Å²) in [7, 11) is 0. The van der Waals surface area contributed by atoms with Crippen LogP contribution in [0.25, 0.3) is 0 Å². The summed E-state index contributed by atoms with van der Waals surface area (Å²) in [5.41, 5.74) is 5.17. The molecule has 3 N–H and O–H groups in total. The van der Waals surface area contributed by atoms with Gasteiger partial charge in [0.1, 0.15) is 6.54 Å². The highest BCUT2D eigenvalue weighted by molar-refractivity contribution is 5.86. The summed E-state index contributed by atoms with van der Waals surface area (Å²) in [6.45, 7) is -0.0259. The van der Waals surface area contributed by atoms with Gasteiger partial charge >= 0.3 is 12.3 Å². The van der Waals surface area contributed by atoms with Crippen LogP contribution in [-0.4, -0.2) is 40.6 Å². The van der Waals surface area contributed by atoms with Gasteiger partial charge in [-0.3, -0.25) is 4.79 Å². The molecule has 0 spiro atoms. The van der Waals surface area contributed by atoms with E-state index in [0.717, 1.165) is 0 Å². The summed E-state index contributed by atoms with van der Waals surface area (Å²) >= 11 is 0. The van der Waals surface area contributed by atoms with Gasteiger partial charge < -0.3 is 10.8 Å². The minimum Gasteiger partial charge on any atom is -0.435 e. The van der Waals surface area contributed by atoms with Gasteiger partial charge in [-0.1, -0.05) is 0 Å². The molecule has 1 fully saturated rings. The first-order valence-corrected chi connectivity index (χ1v) is 4.34. The third kappa shape index (κ3) is 1.36. The van der Waals surface area contributed by atoms with Crippen molar-refractivity contribution in [3.05, 3.63) is 0 Å². The number of hydrogen-bond acceptors (Lipinski definition) is 4. The standard InChI is InChI=1S/C8H11N3O3/c9-4-7(12)6-2-1-3-11(6,5-10)8(13)14/h6H,1-4,9H2/p+1. The van der Waals surface area contributed by atoms with Crippen molar-refractivity contribution < 1.29 is 19.2 Å². The van der Waals surface area contributed by atoms with Crippen molar-refractivity contribution in [3.8, 4) is 6.19 Å². The topological polar surface area (TPSA) is 104 Å². The van der Waals surface area contributed by atoms with Gasteiger partial charge in [0.25, 0.3) is 0 Å². The molecular formula is C8H12N3O3+. The molecule has 1 aliphatic heterocycles. The number of nitrogens with two attached hydrogens (primary N) is 1. The van der Waals surface area contributed by atoms with Gasteiger partial charge in [0.2, 0.25) is 5.78 Å². The molecule has 14 heavy (non-hydrogen) atoms. The normalized spacial score (nSPS) is 31.0. The first-order chi connectivity index (χ1) is 6.58. The maximum Gasteiger partial charge on any atom is 0.529 e. The molecule has 0 radical (unpaired) electrons. The van der Waals surface area contributed by atoms with Gasteiger partial charge in [0, 0.05) is 12.8 Å². The van der Waals surface area contributed by atoms with E-state index in [0.29, 0.717) is 12.8 Å². The van der Waals surface area contributed by atoms with Crippen LogP contribution in [0.3, 0.4) is 0 Å². The van der Waals surface area contributed by atoms with Crippen molar-refractivity contribution in [1.82, 2.24) is 0 Å². The Kier molecular flexibility index (Phi) is 2.84. The molecule has 1 aliphatic rings. The lowest BCUT2D eigenvalue weighted by Gasteiger charge is -2.23. The average Bonchev–Trinajstić information content (AvgIpc) is 2.61. The summed E-state index contributed by atoms with van der Waals surface area (Å²) in [5, 5.41) is 17.8. The minimum atomic E-state index is -1.27. The van der Waals surface area contributed by atoms with E-state index in [1.165, 1.54) is 0 Å². The zero-order valence-electron chi connectivity index (χ0n) is 7.64. The molecule has 0 aromatic heterocycles. The monoisotopic (exact) mass is 198 g/mol. The molecular weight excluding hydrogens is 186 g/mol. The first-order valence-electron chi connectivity index (χ1n) is 4.34. The van der Waals surface area contributed by atoms with E-state index in [-0.39, 0.29) is 18.9 Å². The Morgan fingerprint density at radius 1 is 1.64 bits per heavy atom. The molecule has 6 heteroatoms. The van der Waals surface area contributed by atoms with E-state index in [2.05, 4.69) is 0 Å². The van der Waals surface area contributed by atoms with Crippen molar-refractivity contribution >= 4 is 11.9 Å². The predicted molar refractivity (Wildman–Crippen MR) is 45.8 cm³/mol. The van der Waals surface area contributed by atoms with Gasteiger partial charge in [-0.25, -0.2) is 0 Å². The third-order valence-electron chi connectivity index (χ3n) is 2.61. The largest absolute Gasteiger partial charge is 0.529 e. The number of carbonyl (C=O) groups excluding carboxylic acids is 1. The molecule has 1 heterocycles. The summed E-state index contributed by atoms with van der Waals surface area (Å²) in [6, 6.07) is -0.789. The lowest BCUT2D eigenvalue weighted by Crippen LogP contribution is -2.55. The van der Waals surface area contributed by atoms with Crippen molar-refractivity contribution in [1.29, 1.82) is 5.26 Å². The molecule has 0 aliphatic carbocycles. The highest BCUT2D eigenvalue weighted by atomic mass is 16.4. The van der Waals surface area contributed by atoms with E-state index in [1.54, 1.807) is 6.19 Å². The molecule has 76 valence electrons. The fourth-order valence-corrected chi connectivity index (χ4v) is 1.84. The van der Waals surface area contributed by atoms with Crippen molar-refractivity contribution in [2.75, 3.05) is 13.1 Å². The quantitative estimate of drug-likeness (QED) is 0.466. The number of nitrogens with zero attached hydrogens (tertiary/aromatic N) is 2. The molecule has 1 amide bonds. The van der Waals surface area contributed by atoms with E-state index >= 15 is 0 Å². The number of carbonyl (C=O) groups is 2. The van der Waals surface area contributed by atoms with Gasteiger partial charge in [-0.15, -0.1) is 9.74 Å². The van der Waals surface area contributed by atoms with Crippen LogP contribution in [0.1, 0.15) is 12.8 Å². The maximum absolute atomic E-state index is 11.3. The summed E-state index contributed by atoms with van der Waals surface area (Å²) in [6.07, 6.45) is 1.43. The highest BCUT2D eigenvalue weighted by Gasteiger charge is 2.53. The van der Waals surface area contributed by atoms with Gasteiger partial charge in [0.05, 0.1) is 6.54 Å². The van der Waals surface area contributed by atoms with Crippen LogP contribution in [0.5, 0.6) is 0 Å². The molecule has 6 nitrogen and oxygen atoms in total. The van der Waals surface area contributed by atoms with Crippen LogP contribution in [0, 0.1) is 11.5 Å². The lowest BCUT2D eigenvalue weighted by molar-refractivity contribution is -0.794. The Bertz CT molecular complexity index is 309. The SMILES string of the molecule is N#C[N+]1(C(=O)O)CCCC1C(=O)CN. The zero-order valence-corrected chi connectivity index (χ0v) is 7.64. The second-order valence-corrected chi connectivity index (χ2v) is 3.30. The van der Waals surface area contributed by atoms with E-state index in [9.17, 15) is 9.59 Å². The Hall–Kier alpha value is -1.45. The van der Waals surface area contributed by atoms with Gasteiger partial charge in [-0.2, -0.15) is 4.79 Å². The van der Waals surface area contributed by atoms with E-state index in [4.69, 9.17) is 16.1 Å². The Balaban J connectivity index is 3.02. The maximum atomic E-state index is 11.3. The number of quaternary nitrogens is 1. The zero-order chi connectivity index (χ0) is 10.8. The fourth-order valence-electron chi connectivity index (χ4n) is 1.84. The molecule has 1 rings (SSSR count). The third-order valence-corrected chi connectivity index (χ3v) is 2.61. The van der Waals surface area contributed by atoms with E-state index < -0.39 is 16.6 Å². The second kappa shape index (κ2) is 3.74. The predicted octanol–water partition coefficient (Wildman–Crippen LogP) is -0.348. The van der Waals surface area contributed by atoms with Crippen LogP contribution >= 0.6 is 0 Å². The van der Waals surface area contributed by atoms with Crippen LogP contribution in [0.2, 0.25) is 0 Å². The van der Waals surface area contributed by atoms with Crippen LogP contribution in [0.4, 0.5) is 4.79 Å². The summed E-state index contributed by atoms with van der Waals surface area (Å²) in [4.78, 5) is 22.3. The Labute approximate surface area is 81.1 Å². The van der Waals surface area contributed by atoms with Crippen LogP contribution in [0.15, 0.2) is 0 Å². The molecule has 0 aromatic rings. The van der Waals surface area contributed by atoms with Gasteiger partial charge in [-0.05, 0) is 0 Å². The number of Topliss-reactive ketones (excluding diaryl/α,β-unsaturated/α-hetero) is 1. The summed E-state index contributed by atoms with van der Waals surface area (Å²) < 4.78 is -0.823. The number of nitriles is 1. The van der Waals surface area contributed by atoms with Gasteiger partial charge in [0.15, 0.2) is 6.04 Å². The Morgan fingerprint density at radius 3 is 2.71 bits per heavy atom. The van der Waals surface area contributed by atoms with Crippen molar-refractivity contribution in [3.63, 3.8) is 0 Å². The van der Waals surface area contributed by atoms with Crippen molar-refractivity contribution in [2.24, 2.45) is 5.73 Å². The summed E-state index contributed by atoms with van der Waals surface area (Å²) in [5.74, 6) is -0.355. The molecule has 0 aromatic carbocycles. The average molecular weight is 198 g/mol. The highest BCUT2D eigenvalue weighted by Crippen LogP contribution is 2.27. The lowest BCUT2D eigenvalue weighted by atomic mass is 10.1. The second-order valence-electron chi connectivity index (χ2n) is 3.30. The van der Waals surface area contributed by atoms with Crippen LogP contribution in [-0.2, 0) is 4.79 Å². The first kappa shape index (κ1) is 10.6. The fraction of sp³-hybridized carbons (Fsp3) is 0.625. The molecule has 0 bridgehead atoms. The number of ketones is 1. The molecule has 2 atom stereocenters. The van der Waals surface area contributed by atoms with E-state index in [1.807, 2.05) is 0 Å². The number of carboxylic acid groups (broad SMARTS) is 1. The number of likely N-dealkylation sites (tertiary alicyclic amines) is 1. The molecule has 0 saturated carbocycles. The van der Waals surface area contributed by atoms with Crippen LogP contribution < -0.4 is 5.73 Å². The number of hydrogen-bond donors (Lipinski definition) is 2. The number of amides is 1.